The van der Waals surface area contributed by atoms with Gasteiger partial charge in [-0.1, -0.05) is 0 Å². The minimum absolute atomic E-state index is 0. The molecule has 0 aromatic heterocycles. The van der Waals surface area contributed by atoms with Gasteiger partial charge in [-0.05, 0) is 12.8 Å². The predicted molar refractivity (Wildman–Crippen MR) is 62.6 cm³/mol. The molecule has 6 nitrogen and oxygen atoms in total. The van der Waals surface area contributed by atoms with Crippen LogP contribution in [0, 0.1) is 0 Å². The number of rotatable bonds is 5. The molecule has 0 aliphatic rings. The summed E-state index contributed by atoms with van der Waals surface area (Å²) in [6, 6.07) is -0.353. The molecule has 6 heteroatoms. The van der Waals surface area contributed by atoms with Crippen LogP contribution in [0.5, 0.6) is 0 Å². The Morgan fingerprint density at radius 3 is 1.57 bits per heavy atom. The fraction of sp³-hybridized carbons (Fsp3) is 0.750. The quantitative estimate of drug-likeness (QED) is 0.501. The van der Waals surface area contributed by atoms with E-state index in [-0.39, 0.29) is 17.8 Å². The highest BCUT2D eigenvalue weighted by Gasteiger charge is 1.96. The first-order valence-corrected chi connectivity index (χ1v) is 4.62. The fourth-order valence-corrected chi connectivity index (χ4v) is 0.831. The Bertz CT molecular complexity index is 178. The topological polar surface area (TPSA) is 82.3 Å². The summed E-state index contributed by atoms with van der Waals surface area (Å²) >= 11 is 0. The standard InChI is InChI=1S/C8H18N4O2.4H2/c1-9-7(13)11-5-3-4-6-12-8(14)10-2;;;;/h3-6H2,1-2H3,(H2,9,11,13)(H2,10,12,14);4*1H. The number of hydrogen-bond acceptors (Lipinski definition) is 2. The number of unbranched alkanes of at least 4 members (excludes halogenated alkanes) is 1. The molecule has 0 spiro atoms. The van der Waals surface area contributed by atoms with Crippen LogP contribution in [0.3, 0.4) is 0 Å². The van der Waals surface area contributed by atoms with Crippen molar-refractivity contribution in [1.82, 2.24) is 21.3 Å². The lowest BCUT2D eigenvalue weighted by Crippen LogP contribution is -2.35. The van der Waals surface area contributed by atoms with E-state index < -0.39 is 0 Å². The Morgan fingerprint density at radius 2 is 1.29 bits per heavy atom. The number of hydrogen-bond donors (Lipinski definition) is 4. The van der Waals surface area contributed by atoms with E-state index in [1.165, 1.54) is 0 Å². The second-order valence-corrected chi connectivity index (χ2v) is 2.72. The molecular weight excluding hydrogens is 184 g/mol. The molecule has 0 unspecified atom stereocenters. The smallest absolute Gasteiger partial charge is 0.314 e. The highest BCUT2D eigenvalue weighted by molar-refractivity contribution is 5.73. The fourth-order valence-electron chi connectivity index (χ4n) is 0.831. The molecule has 0 heterocycles. The molecule has 0 aromatic carbocycles. The Hall–Kier alpha value is -1.46. The number of carbonyl (C=O) groups is 2. The summed E-state index contributed by atoms with van der Waals surface area (Å²) < 4.78 is 0. The molecular formula is C8H26N4O2. The average Bonchev–Trinajstić information content (AvgIpc) is 2.22. The molecule has 0 bridgehead atoms. The average molecular weight is 210 g/mol. The largest absolute Gasteiger partial charge is 0.341 e. The lowest BCUT2D eigenvalue weighted by atomic mass is 10.3. The van der Waals surface area contributed by atoms with Gasteiger partial charge in [0.15, 0.2) is 0 Å². The van der Waals surface area contributed by atoms with E-state index in [9.17, 15) is 9.59 Å². The van der Waals surface area contributed by atoms with Crippen LogP contribution in [0.25, 0.3) is 0 Å². The van der Waals surface area contributed by atoms with Gasteiger partial charge in [0.05, 0.1) is 0 Å². The number of carbonyl (C=O) groups excluding carboxylic acids is 2. The van der Waals surface area contributed by atoms with E-state index in [0.29, 0.717) is 13.1 Å². The third-order valence-corrected chi connectivity index (χ3v) is 1.63. The Balaban J connectivity index is -0.000000141. The van der Waals surface area contributed by atoms with E-state index >= 15 is 0 Å². The molecule has 4 N–H and O–H groups in total. The number of urea groups is 2. The summed E-state index contributed by atoms with van der Waals surface area (Å²) in [5.41, 5.74) is 0. The summed E-state index contributed by atoms with van der Waals surface area (Å²) in [7, 11) is 3.14. The molecule has 90 valence electrons. The van der Waals surface area contributed by atoms with Crippen LogP contribution < -0.4 is 21.3 Å². The summed E-state index contributed by atoms with van der Waals surface area (Å²) in [6.07, 6.45) is 1.69. The first-order chi connectivity index (χ1) is 6.70. The van der Waals surface area contributed by atoms with Crippen LogP contribution in [-0.4, -0.2) is 39.2 Å². The Kier molecular flexibility index (Phi) is 7.30. The van der Waals surface area contributed by atoms with Gasteiger partial charge in [0.25, 0.3) is 0 Å². The van der Waals surface area contributed by atoms with E-state index in [4.69, 9.17) is 0 Å². The van der Waals surface area contributed by atoms with Crippen LogP contribution in [0.2, 0.25) is 0 Å². The Morgan fingerprint density at radius 1 is 0.929 bits per heavy atom. The molecule has 0 saturated carbocycles. The van der Waals surface area contributed by atoms with Crippen molar-refractivity contribution in [3.05, 3.63) is 0 Å². The highest BCUT2D eigenvalue weighted by Crippen LogP contribution is 1.84. The van der Waals surface area contributed by atoms with Gasteiger partial charge in [0, 0.05) is 32.9 Å². The maximum absolute atomic E-state index is 10.7. The summed E-state index contributed by atoms with van der Waals surface area (Å²) in [4.78, 5) is 21.4. The van der Waals surface area contributed by atoms with Crippen molar-refractivity contribution < 1.29 is 15.3 Å². The van der Waals surface area contributed by atoms with Crippen molar-refractivity contribution in [3.8, 4) is 0 Å². The van der Waals surface area contributed by atoms with Gasteiger partial charge < -0.3 is 21.3 Å². The van der Waals surface area contributed by atoms with Gasteiger partial charge in [-0.25, -0.2) is 9.59 Å². The van der Waals surface area contributed by atoms with Crippen LogP contribution in [-0.2, 0) is 0 Å². The van der Waals surface area contributed by atoms with Crippen molar-refractivity contribution in [2.24, 2.45) is 0 Å². The third-order valence-electron chi connectivity index (χ3n) is 1.63. The normalized spacial score (nSPS) is 9.00. The third kappa shape index (κ3) is 7.20. The van der Waals surface area contributed by atoms with Crippen molar-refractivity contribution in [2.75, 3.05) is 27.2 Å². The van der Waals surface area contributed by atoms with E-state index in [1.807, 2.05) is 0 Å². The maximum Gasteiger partial charge on any atom is 0.314 e. The summed E-state index contributed by atoms with van der Waals surface area (Å²) in [5.74, 6) is 0. The van der Waals surface area contributed by atoms with Crippen molar-refractivity contribution in [2.45, 2.75) is 12.8 Å². The van der Waals surface area contributed by atoms with Crippen LogP contribution >= 0.6 is 0 Å². The molecule has 0 rings (SSSR count). The van der Waals surface area contributed by atoms with Gasteiger partial charge in [-0.15, -0.1) is 0 Å². The molecule has 0 saturated heterocycles. The van der Waals surface area contributed by atoms with Gasteiger partial charge in [-0.2, -0.15) is 0 Å². The van der Waals surface area contributed by atoms with Crippen molar-refractivity contribution in [1.29, 1.82) is 0 Å². The Labute approximate surface area is 89.8 Å². The molecule has 0 radical (unpaired) electrons. The van der Waals surface area contributed by atoms with Gasteiger partial charge in [-0.3, -0.25) is 0 Å². The lowest BCUT2D eigenvalue weighted by molar-refractivity contribution is 0.240. The molecule has 0 fully saturated rings. The first kappa shape index (κ1) is 12.5. The zero-order valence-corrected chi connectivity index (χ0v) is 8.64. The zero-order chi connectivity index (χ0) is 10.8. The zero-order valence-electron chi connectivity index (χ0n) is 8.64. The first-order valence-electron chi connectivity index (χ1n) is 4.62. The minimum atomic E-state index is -0.177. The van der Waals surface area contributed by atoms with E-state index in [2.05, 4.69) is 21.3 Å². The molecule has 0 aliphatic carbocycles. The van der Waals surface area contributed by atoms with Gasteiger partial charge in [0.2, 0.25) is 0 Å². The van der Waals surface area contributed by atoms with Crippen LogP contribution in [0.1, 0.15) is 18.5 Å². The van der Waals surface area contributed by atoms with Crippen LogP contribution in [0.15, 0.2) is 0 Å². The molecule has 0 aromatic rings. The molecule has 4 amide bonds. The number of nitrogens with one attached hydrogen (secondary N) is 4. The second-order valence-electron chi connectivity index (χ2n) is 2.72. The summed E-state index contributed by atoms with van der Waals surface area (Å²) in [6.45, 7) is 1.24. The highest BCUT2D eigenvalue weighted by atomic mass is 16.2. The molecule has 14 heavy (non-hydrogen) atoms. The lowest BCUT2D eigenvalue weighted by Gasteiger charge is -2.05. The van der Waals surface area contributed by atoms with Gasteiger partial charge in [0.1, 0.15) is 0 Å². The van der Waals surface area contributed by atoms with E-state index in [0.717, 1.165) is 12.8 Å². The second kappa shape index (κ2) is 8.15. The SMILES string of the molecule is CNC(=O)NCCCCNC(=O)NC.[HH].[HH].[HH].[HH]. The minimum Gasteiger partial charge on any atom is -0.341 e. The number of amides is 4. The maximum atomic E-state index is 10.7. The predicted octanol–water partition coefficient (Wildman–Crippen LogP) is 0.609. The molecule has 0 atom stereocenters. The van der Waals surface area contributed by atoms with Crippen molar-refractivity contribution in [3.63, 3.8) is 0 Å². The monoisotopic (exact) mass is 210 g/mol. The molecule has 0 aliphatic heterocycles. The summed E-state index contributed by atoms with van der Waals surface area (Å²) in [5, 5.41) is 10.2. The van der Waals surface area contributed by atoms with E-state index in [1.54, 1.807) is 14.1 Å². The van der Waals surface area contributed by atoms with Gasteiger partial charge >= 0.3 is 12.1 Å². The van der Waals surface area contributed by atoms with Crippen LogP contribution in [0.4, 0.5) is 9.59 Å². The van der Waals surface area contributed by atoms with Crippen molar-refractivity contribution >= 4 is 12.1 Å².